The fourth-order valence-corrected chi connectivity index (χ4v) is 6.03. The van der Waals surface area contributed by atoms with E-state index in [-0.39, 0.29) is 23.4 Å². The molecule has 32 heavy (non-hydrogen) atoms. The fraction of sp³-hybridized carbons (Fsp3) is 0.458. The minimum Gasteiger partial charge on any atom is -0.487 e. The van der Waals surface area contributed by atoms with Gasteiger partial charge in [-0.25, -0.2) is 12.8 Å². The molecule has 172 valence electrons. The smallest absolute Gasteiger partial charge is 0.243 e. The monoisotopic (exact) mass is 460 g/mol. The molecule has 2 aromatic carbocycles. The molecule has 0 unspecified atom stereocenters. The Bertz CT molecular complexity index is 1120. The molecule has 0 spiro atoms. The van der Waals surface area contributed by atoms with E-state index < -0.39 is 27.4 Å². The van der Waals surface area contributed by atoms with E-state index >= 15 is 0 Å². The summed E-state index contributed by atoms with van der Waals surface area (Å²) in [5, 5.41) is 3.15. The van der Waals surface area contributed by atoms with Crippen molar-refractivity contribution in [1.82, 2.24) is 9.62 Å². The average Bonchev–Trinajstić information content (AvgIpc) is 2.73. The number of nitrogens with zero attached hydrogens (tertiary/aromatic N) is 1. The Balaban J connectivity index is 1.50. The third-order valence-electron chi connectivity index (χ3n) is 6.15. The fourth-order valence-electron chi connectivity index (χ4n) is 4.51. The van der Waals surface area contributed by atoms with Gasteiger partial charge in [0.1, 0.15) is 17.2 Å². The Morgan fingerprint density at radius 1 is 1.19 bits per heavy atom. The maximum absolute atomic E-state index is 13.2. The van der Waals surface area contributed by atoms with Gasteiger partial charge in [-0.1, -0.05) is 12.1 Å². The highest BCUT2D eigenvalue weighted by molar-refractivity contribution is 7.89. The number of halogens is 1. The molecule has 2 atom stereocenters. The molecule has 1 saturated heterocycles. The zero-order chi connectivity index (χ0) is 23.1. The van der Waals surface area contributed by atoms with Crippen LogP contribution in [0.1, 0.15) is 50.3 Å². The van der Waals surface area contributed by atoms with Gasteiger partial charge < -0.3 is 10.1 Å². The molecule has 6 nitrogen and oxygen atoms in total. The molecule has 0 radical (unpaired) electrons. The molecule has 0 aliphatic carbocycles. The number of hydrogen-bond donors (Lipinski definition) is 1. The second-order valence-electron chi connectivity index (χ2n) is 9.32. The van der Waals surface area contributed by atoms with Gasteiger partial charge >= 0.3 is 0 Å². The molecule has 2 aliphatic rings. The van der Waals surface area contributed by atoms with Crippen molar-refractivity contribution < 1.29 is 22.3 Å². The van der Waals surface area contributed by atoms with Gasteiger partial charge in [-0.3, -0.25) is 4.79 Å². The molecular formula is C24H29FN2O4S. The lowest BCUT2D eigenvalue weighted by Gasteiger charge is -2.39. The molecule has 2 heterocycles. The number of amides is 1. The third kappa shape index (κ3) is 4.66. The van der Waals surface area contributed by atoms with Crippen molar-refractivity contribution in [1.29, 1.82) is 0 Å². The predicted molar refractivity (Wildman–Crippen MR) is 119 cm³/mol. The Hall–Kier alpha value is -2.45. The first kappa shape index (κ1) is 22.7. The number of piperidine rings is 1. The number of benzene rings is 2. The number of carbonyl (C=O) groups is 1. The number of fused-ring (bicyclic) bond motifs is 1. The third-order valence-corrected chi connectivity index (χ3v) is 8.03. The van der Waals surface area contributed by atoms with Crippen molar-refractivity contribution in [2.45, 2.75) is 56.6 Å². The lowest BCUT2D eigenvalue weighted by atomic mass is 9.88. The molecule has 1 N–H and O–H groups in total. The van der Waals surface area contributed by atoms with Crippen LogP contribution >= 0.6 is 0 Å². The maximum Gasteiger partial charge on any atom is 0.243 e. The van der Waals surface area contributed by atoms with Crippen molar-refractivity contribution >= 4 is 15.9 Å². The summed E-state index contributed by atoms with van der Waals surface area (Å²) in [6.45, 7) is 6.44. The van der Waals surface area contributed by atoms with Gasteiger partial charge in [0.15, 0.2) is 0 Å². The number of hydrogen-bond acceptors (Lipinski definition) is 4. The minimum absolute atomic E-state index is 0.0374. The topological polar surface area (TPSA) is 75.7 Å². The summed E-state index contributed by atoms with van der Waals surface area (Å²) in [6.07, 6.45) is 1.83. The van der Waals surface area contributed by atoms with E-state index in [1.54, 1.807) is 0 Å². The van der Waals surface area contributed by atoms with Crippen LogP contribution in [0.25, 0.3) is 0 Å². The lowest BCUT2D eigenvalue weighted by molar-refractivity contribution is -0.127. The van der Waals surface area contributed by atoms with Crippen LogP contribution in [0.2, 0.25) is 0 Å². The molecule has 4 rings (SSSR count). The standard InChI is InChI=1S/C24H29FN2O4S/c1-16-6-11-20-21(14-24(2,3)31-22(20)13-16)26-23(28)17-5-4-12-27(15-17)32(29,30)19-9-7-18(25)8-10-19/h6-11,13,17,21H,4-5,12,14-15H2,1-3H3,(H,26,28)/t17-,21-/m0/s1. The number of nitrogens with one attached hydrogen (secondary N) is 1. The number of carbonyl (C=O) groups excluding carboxylic acids is 1. The summed E-state index contributed by atoms with van der Waals surface area (Å²) >= 11 is 0. The Kier molecular flexibility index (Phi) is 6.02. The van der Waals surface area contributed by atoms with Gasteiger partial charge in [0.05, 0.1) is 16.9 Å². The predicted octanol–water partition coefficient (Wildman–Crippen LogP) is 3.95. The van der Waals surface area contributed by atoms with Gasteiger partial charge in [-0.15, -0.1) is 0 Å². The SMILES string of the molecule is Cc1ccc2c(c1)OC(C)(C)C[C@@H]2NC(=O)[C@H]1CCCN(S(=O)(=O)c2ccc(F)cc2)C1. The Labute approximate surface area is 188 Å². The van der Waals surface area contributed by atoms with Crippen LogP contribution in [-0.4, -0.2) is 37.3 Å². The summed E-state index contributed by atoms with van der Waals surface area (Å²) < 4.78 is 46.6. The molecule has 2 aromatic rings. The average molecular weight is 461 g/mol. The number of ether oxygens (including phenoxy) is 1. The van der Waals surface area contributed by atoms with E-state index in [2.05, 4.69) is 5.32 Å². The molecule has 8 heteroatoms. The largest absolute Gasteiger partial charge is 0.487 e. The van der Waals surface area contributed by atoms with Crippen LogP contribution in [0, 0.1) is 18.7 Å². The summed E-state index contributed by atoms with van der Waals surface area (Å²) in [5.41, 5.74) is 1.60. The first-order chi connectivity index (χ1) is 15.0. The van der Waals surface area contributed by atoms with Gasteiger partial charge in [0.2, 0.25) is 15.9 Å². The van der Waals surface area contributed by atoms with Crippen LogP contribution in [0.15, 0.2) is 47.4 Å². The van der Waals surface area contributed by atoms with Crippen molar-refractivity contribution in [3.05, 3.63) is 59.4 Å². The number of aryl methyl sites for hydroxylation is 1. The van der Waals surface area contributed by atoms with Crippen molar-refractivity contribution in [2.24, 2.45) is 5.92 Å². The zero-order valence-electron chi connectivity index (χ0n) is 18.6. The van der Waals surface area contributed by atoms with Crippen LogP contribution < -0.4 is 10.1 Å². The van der Waals surface area contributed by atoms with Crippen molar-refractivity contribution in [3.8, 4) is 5.75 Å². The number of rotatable bonds is 4. The summed E-state index contributed by atoms with van der Waals surface area (Å²) in [5.74, 6) is -0.317. The van der Waals surface area contributed by atoms with Gasteiger partial charge in [-0.2, -0.15) is 4.31 Å². The zero-order valence-corrected chi connectivity index (χ0v) is 19.4. The summed E-state index contributed by atoms with van der Waals surface area (Å²) in [7, 11) is -3.78. The molecular weight excluding hydrogens is 431 g/mol. The maximum atomic E-state index is 13.2. The van der Waals surface area contributed by atoms with E-state index in [4.69, 9.17) is 4.74 Å². The van der Waals surface area contributed by atoms with Crippen LogP contribution in [-0.2, 0) is 14.8 Å². The molecule has 1 amide bonds. The minimum atomic E-state index is -3.78. The quantitative estimate of drug-likeness (QED) is 0.750. The van der Waals surface area contributed by atoms with Crippen molar-refractivity contribution in [3.63, 3.8) is 0 Å². The van der Waals surface area contributed by atoms with Crippen LogP contribution in [0.4, 0.5) is 4.39 Å². The molecule has 0 saturated carbocycles. The molecule has 2 aliphatic heterocycles. The van der Waals surface area contributed by atoms with E-state index in [1.165, 1.54) is 16.4 Å². The second kappa shape index (κ2) is 8.48. The van der Waals surface area contributed by atoms with E-state index in [1.807, 2.05) is 39.0 Å². The van der Waals surface area contributed by atoms with Gasteiger partial charge in [-0.05, 0) is 69.5 Å². The normalized spacial score (nSPS) is 23.1. The second-order valence-corrected chi connectivity index (χ2v) is 11.3. The van der Waals surface area contributed by atoms with Gasteiger partial charge in [0.25, 0.3) is 0 Å². The Morgan fingerprint density at radius 3 is 2.62 bits per heavy atom. The molecule has 0 bridgehead atoms. The first-order valence-electron chi connectivity index (χ1n) is 10.9. The van der Waals surface area contributed by atoms with Crippen LogP contribution in [0.5, 0.6) is 5.75 Å². The van der Waals surface area contributed by atoms with E-state index in [0.717, 1.165) is 29.0 Å². The first-order valence-corrected chi connectivity index (χ1v) is 12.3. The Morgan fingerprint density at radius 2 is 1.91 bits per heavy atom. The molecule has 1 fully saturated rings. The van der Waals surface area contributed by atoms with E-state index in [9.17, 15) is 17.6 Å². The highest BCUT2D eigenvalue weighted by atomic mass is 32.2. The molecule has 0 aromatic heterocycles. The van der Waals surface area contributed by atoms with Crippen molar-refractivity contribution in [2.75, 3.05) is 13.1 Å². The van der Waals surface area contributed by atoms with Gasteiger partial charge in [0, 0.05) is 25.1 Å². The highest BCUT2D eigenvalue weighted by Crippen LogP contribution is 2.40. The number of sulfonamides is 1. The van der Waals surface area contributed by atoms with Crippen LogP contribution in [0.3, 0.4) is 0 Å². The highest BCUT2D eigenvalue weighted by Gasteiger charge is 2.38. The summed E-state index contributed by atoms with van der Waals surface area (Å²) in [4.78, 5) is 13.2. The van der Waals surface area contributed by atoms with E-state index in [0.29, 0.717) is 25.8 Å². The lowest BCUT2D eigenvalue weighted by Crippen LogP contribution is -2.48. The summed E-state index contributed by atoms with van der Waals surface area (Å²) in [6, 6.07) is 10.5.